The van der Waals surface area contributed by atoms with E-state index < -0.39 is 10.8 Å². The molecule has 1 aliphatic heterocycles. The maximum absolute atomic E-state index is 13.7. The summed E-state index contributed by atoms with van der Waals surface area (Å²) in [5.41, 5.74) is 2.15. The fraction of sp³-hybridized carbons (Fsp3) is 0.250. The zero-order chi connectivity index (χ0) is 15.5. The van der Waals surface area contributed by atoms with E-state index in [0.717, 1.165) is 5.56 Å². The number of fused-ring (bicyclic) bond motifs is 1. The van der Waals surface area contributed by atoms with Gasteiger partial charge in [-0.3, -0.25) is 4.21 Å². The molecule has 0 saturated carbocycles. The third-order valence-electron chi connectivity index (χ3n) is 3.28. The normalized spacial score (nSPS) is 15.0. The summed E-state index contributed by atoms with van der Waals surface area (Å²) in [5.74, 6) is 0.810. The van der Waals surface area contributed by atoms with Crippen LogP contribution < -0.4 is 4.74 Å². The van der Waals surface area contributed by atoms with Gasteiger partial charge in [0.1, 0.15) is 11.6 Å². The molecule has 0 radical (unpaired) electrons. The maximum atomic E-state index is 13.7. The van der Waals surface area contributed by atoms with E-state index in [1.165, 1.54) is 12.1 Å². The Hall–Kier alpha value is -1.43. The van der Waals surface area contributed by atoms with Gasteiger partial charge < -0.3 is 9.47 Å². The van der Waals surface area contributed by atoms with Gasteiger partial charge in [-0.1, -0.05) is 23.7 Å². The SMILES string of the molecule is O=S(Cc1cccc(Cl)c1)Cc1cc(F)cc2c1OCOC2. The highest BCUT2D eigenvalue weighted by atomic mass is 35.5. The second-order valence-corrected chi connectivity index (χ2v) is 6.92. The van der Waals surface area contributed by atoms with E-state index >= 15 is 0 Å². The van der Waals surface area contributed by atoms with Crippen LogP contribution in [0, 0.1) is 5.82 Å². The molecule has 0 aliphatic carbocycles. The molecule has 0 amide bonds. The Labute approximate surface area is 135 Å². The largest absolute Gasteiger partial charge is 0.467 e. The van der Waals surface area contributed by atoms with Crippen molar-refractivity contribution in [2.45, 2.75) is 18.1 Å². The first-order valence-corrected chi connectivity index (χ1v) is 8.59. The van der Waals surface area contributed by atoms with Gasteiger partial charge >= 0.3 is 0 Å². The van der Waals surface area contributed by atoms with Crippen LogP contribution in [0.1, 0.15) is 16.7 Å². The van der Waals surface area contributed by atoms with Crippen molar-refractivity contribution in [1.82, 2.24) is 0 Å². The summed E-state index contributed by atoms with van der Waals surface area (Å²) in [4.78, 5) is 0. The van der Waals surface area contributed by atoms with Gasteiger partial charge in [0.15, 0.2) is 6.79 Å². The van der Waals surface area contributed by atoms with Crippen molar-refractivity contribution in [3.8, 4) is 5.75 Å². The van der Waals surface area contributed by atoms with Crippen molar-refractivity contribution in [1.29, 1.82) is 0 Å². The maximum Gasteiger partial charge on any atom is 0.189 e. The number of benzene rings is 2. The summed E-state index contributed by atoms with van der Waals surface area (Å²) in [6.45, 7) is 0.438. The van der Waals surface area contributed by atoms with Gasteiger partial charge in [0.2, 0.25) is 0 Å². The van der Waals surface area contributed by atoms with Gasteiger partial charge in [-0.05, 0) is 29.8 Å². The molecule has 0 saturated heterocycles. The number of rotatable bonds is 4. The minimum atomic E-state index is -1.18. The van der Waals surface area contributed by atoms with Crippen molar-refractivity contribution < 1.29 is 18.1 Å². The highest BCUT2D eigenvalue weighted by molar-refractivity contribution is 7.83. The van der Waals surface area contributed by atoms with E-state index in [0.29, 0.717) is 34.3 Å². The zero-order valence-electron chi connectivity index (χ0n) is 11.7. The van der Waals surface area contributed by atoms with Crippen LogP contribution in [0.25, 0.3) is 0 Å². The van der Waals surface area contributed by atoms with Crippen LogP contribution in [-0.4, -0.2) is 11.0 Å². The number of hydrogen-bond acceptors (Lipinski definition) is 3. The van der Waals surface area contributed by atoms with Crippen LogP contribution in [0.3, 0.4) is 0 Å². The molecule has 0 bridgehead atoms. The van der Waals surface area contributed by atoms with Crippen molar-refractivity contribution in [3.05, 3.63) is 63.9 Å². The minimum absolute atomic E-state index is 0.132. The lowest BCUT2D eigenvalue weighted by molar-refractivity contribution is -0.0171. The molecule has 6 heteroatoms. The van der Waals surface area contributed by atoms with Crippen molar-refractivity contribution in [2.75, 3.05) is 6.79 Å². The van der Waals surface area contributed by atoms with Crippen LogP contribution in [0.2, 0.25) is 5.02 Å². The lowest BCUT2D eigenvalue weighted by Gasteiger charge is -2.20. The first-order chi connectivity index (χ1) is 10.6. The Kier molecular flexibility index (Phi) is 4.76. The highest BCUT2D eigenvalue weighted by Gasteiger charge is 2.18. The molecule has 22 heavy (non-hydrogen) atoms. The Balaban J connectivity index is 1.78. The van der Waals surface area contributed by atoms with E-state index in [-0.39, 0.29) is 18.4 Å². The molecule has 1 atom stereocenters. The molecular formula is C16H14ClFO3S. The summed E-state index contributed by atoms with van der Waals surface area (Å²) < 4.78 is 36.6. The molecule has 116 valence electrons. The predicted octanol–water partition coefficient (Wildman–Crippen LogP) is 3.79. The van der Waals surface area contributed by atoms with E-state index in [4.69, 9.17) is 21.1 Å². The Morgan fingerprint density at radius 1 is 1.23 bits per heavy atom. The van der Waals surface area contributed by atoms with E-state index in [9.17, 15) is 8.60 Å². The third-order valence-corrected chi connectivity index (χ3v) is 4.81. The third kappa shape index (κ3) is 3.66. The second-order valence-electron chi connectivity index (χ2n) is 5.02. The fourth-order valence-electron chi connectivity index (χ4n) is 2.40. The Morgan fingerprint density at radius 3 is 2.91 bits per heavy atom. The smallest absolute Gasteiger partial charge is 0.189 e. The molecule has 3 nitrogen and oxygen atoms in total. The van der Waals surface area contributed by atoms with Crippen LogP contribution in [-0.2, 0) is 33.6 Å². The minimum Gasteiger partial charge on any atom is -0.467 e. The molecule has 0 aromatic heterocycles. The summed E-state index contributed by atoms with van der Waals surface area (Å²) in [6.07, 6.45) is 0. The average Bonchev–Trinajstić information content (AvgIpc) is 2.47. The molecule has 2 aromatic carbocycles. The van der Waals surface area contributed by atoms with Crippen LogP contribution in [0.5, 0.6) is 5.75 Å². The van der Waals surface area contributed by atoms with Gasteiger partial charge in [-0.2, -0.15) is 0 Å². The summed E-state index contributed by atoms with van der Waals surface area (Å²) in [5, 5.41) is 0.609. The molecule has 2 aromatic rings. The topological polar surface area (TPSA) is 35.5 Å². The predicted molar refractivity (Wildman–Crippen MR) is 83.7 cm³/mol. The Bertz CT molecular complexity index is 721. The summed E-state index contributed by atoms with van der Waals surface area (Å²) in [7, 11) is -1.18. The van der Waals surface area contributed by atoms with Crippen LogP contribution >= 0.6 is 11.6 Å². The van der Waals surface area contributed by atoms with Crippen molar-refractivity contribution >= 4 is 22.4 Å². The molecule has 0 N–H and O–H groups in total. The fourth-order valence-corrected chi connectivity index (χ4v) is 3.83. The molecule has 1 unspecified atom stereocenters. The number of hydrogen-bond donors (Lipinski definition) is 0. The average molecular weight is 341 g/mol. The standard InChI is InChI=1S/C16H14ClFO3S/c17-14-3-1-2-11(4-14)8-22(19)9-13-6-15(18)5-12-7-20-10-21-16(12)13/h1-6H,7-10H2. The molecule has 0 fully saturated rings. The van der Waals surface area contributed by atoms with Crippen LogP contribution in [0.4, 0.5) is 4.39 Å². The lowest BCUT2D eigenvalue weighted by Crippen LogP contribution is -2.14. The quantitative estimate of drug-likeness (QED) is 0.849. The summed E-state index contributed by atoms with van der Waals surface area (Å²) >= 11 is 5.92. The summed E-state index contributed by atoms with van der Waals surface area (Å²) in [6, 6.07) is 10.0. The monoisotopic (exact) mass is 340 g/mol. The Morgan fingerprint density at radius 2 is 2.09 bits per heavy atom. The van der Waals surface area contributed by atoms with Gasteiger partial charge in [-0.15, -0.1) is 0 Å². The molecule has 1 heterocycles. The second kappa shape index (κ2) is 6.77. The number of ether oxygens (including phenoxy) is 2. The first kappa shape index (κ1) is 15.5. The molecule has 0 spiro atoms. The van der Waals surface area contributed by atoms with Crippen molar-refractivity contribution in [3.63, 3.8) is 0 Å². The van der Waals surface area contributed by atoms with Gasteiger partial charge in [-0.25, -0.2) is 4.39 Å². The van der Waals surface area contributed by atoms with Crippen molar-refractivity contribution in [2.24, 2.45) is 0 Å². The van der Waals surface area contributed by atoms with Gasteiger partial charge in [0, 0.05) is 32.7 Å². The van der Waals surface area contributed by atoms with Crippen LogP contribution in [0.15, 0.2) is 36.4 Å². The zero-order valence-corrected chi connectivity index (χ0v) is 13.3. The lowest BCUT2D eigenvalue weighted by atomic mass is 10.1. The van der Waals surface area contributed by atoms with E-state index in [1.54, 1.807) is 12.1 Å². The van der Waals surface area contributed by atoms with Gasteiger partial charge in [0.25, 0.3) is 0 Å². The first-order valence-electron chi connectivity index (χ1n) is 6.73. The highest BCUT2D eigenvalue weighted by Crippen LogP contribution is 2.30. The van der Waals surface area contributed by atoms with Gasteiger partial charge in [0.05, 0.1) is 12.4 Å². The molecule has 3 rings (SSSR count). The molecular weight excluding hydrogens is 327 g/mol. The molecule has 1 aliphatic rings. The van der Waals surface area contributed by atoms with E-state index in [2.05, 4.69) is 0 Å². The number of halogens is 2. The van der Waals surface area contributed by atoms with E-state index in [1.807, 2.05) is 12.1 Å².